The number of para-hydroxylation sites is 1. The summed E-state index contributed by atoms with van der Waals surface area (Å²) in [4.78, 5) is 29.8. The molecule has 1 unspecified atom stereocenters. The molecule has 1 fully saturated rings. The minimum absolute atomic E-state index is 0.00832. The SMILES string of the molecule is CCN(CC)CCOc1ccccc1CNC(=O)C1CCCN1C(=O)Cc1ccccc1. The third kappa shape index (κ3) is 6.57. The lowest BCUT2D eigenvalue weighted by Gasteiger charge is -2.24. The lowest BCUT2D eigenvalue weighted by atomic mass is 10.1. The molecule has 1 N–H and O–H groups in total. The number of nitrogens with zero attached hydrogens (tertiary/aromatic N) is 2. The van der Waals surface area contributed by atoms with Gasteiger partial charge in [0.05, 0.1) is 6.42 Å². The van der Waals surface area contributed by atoms with Crippen molar-refractivity contribution in [3.8, 4) is 5.75 Å². The van der Waals surface area contributed by atoms with Gasteiger partial charge in [0, 0.05) is 25.2 Å². The summed E-state index contributed by atoms with van der Waals surface area (Å²) in [6.07, 6.45) is 1.88. The highest BCUT2D eigenvalue weighted by atomic mass is 16.5. The number of nitrogens with one attached hydrogen (secondary N) is 1. The van der Waals surface area contributed by atoms with E-state index in [-0.39, 0.29) is 11.8 Å². The minimum Gasteiger partial charge on any atom is -0.492 e. The number of carbonyl (C=O) groups is 2. The van der Waals surface area contributed by atoms with Crippen molar-refractivity contribution < 1.29 is 14.3 Å². The number of ether oxygens (including phenoxy) is 1. The molecule has 172 valence electrons. The van der Waals surface area contributed by atoms with Gasteiger partial charge in [-0.15, -0.1) is 0 Å². The van der Waals surface area contributed by atoms with Crippen molar-refractivity contribution in [3.63, 3.8) is 0 Å². The average molecular weight is 438 g/mol. The second-order valence-electron chi connectivity index (χ2n) is 8.11. The molecule has 2 aromatic carbocycles. The maximum atomic E-state index is 12.9. The van der Waals surface area contributed by atoms with Crippen LogP contribution in [0.3, 0.4) is 0 Å². The first-order chi connectivity index (χ1) is 15.6. The van der Waals surface area contributed by atoms with Gasteiger partial charge in [-0.05, 0) is 37.6 Å². The Kier molecular flexibility index (Phi) is 9.11. The van der Waals surface area contributed by atoms with Crippen LogP contribution in [-0.2, 0) is 22.6 Å². The predicted octanol–water partition coefficient (Wildman–Crippen LogP) is 3.26. The van der Waals surface area contributed by atoms with Crippen molar-refractivity contribution in [3.05, 3.63) is 65.7 Å². The number of hydrogen-bond acceptors (Lipinski definition) is 4. The number of rotatable bonds is 11. The maximum absolute atomic E-state index is 12.9. The Morgan fingerprint density at radius 3 is 2.53 bits per heavy atom. The first-order valence-electron chi connectivity index (χ1n) is 11.7. The van der Waals surface area contributed by atoms with E-state index in [2.05, 4.69) is 24.1 Å². The fourth-order valence-corrected chi connectivity index (χ4v) is 4.13. The molecule has 32 heavy (non-hydrogen) atoms. The van der Waals surface area contributed by atoms with Crippen LogP contribution in [0.15, 0.2) is 54.6 Å². The van der Waals surface area contributed by atoms with Gasteiger partial charge < -0.3 is 19.9 Å². The number of likely N-dealkylation sites (N-methyl/N-ethyl adjacent to an activating group) is 1. The molecule has 0 bridgehead atoms. The van der Waals surface area contributed by atoms with Crippen molar-refractivity contribution >= 4 is 11.8 Å². The molecule has 3 rings (SSSR count). The summed E-state index contributed by atoms with van der Waals surface area (Å²) in [5, 5.41) is 3.03. The van der Waals surface area contributed by atoms with Crippen LogP contribution in [0.1, 0.15) is 37.8 Å². The summed E-state index contributed by atoms with van der Waals surface area (Å²) < 4.78 is 6.00. The van der Waals surface area contributed by atoms with Crippen LogP contribution in [0, 0.1) is 0 Å². The van der Waals surface area contributed by atoms with E-state index in [9.17, 15) is 9.59 Å². The number of hydrogen-bond donors (Lipinski definition) is 1. The first kappa shape index (κ1) is 23.8. The van der Waals surface area contributed by atoms with E-state index in [1.54, 1.807) is 4.90 Å². The Morgan fingerprint density at radius 1 is 1.06 bits per heavy atom. The monoisotopic (exact) mass is 437 g/mol. The lowest BCUT2D eigenvalue weighted by Crippen LogP contribution is -2.46. The highest BCUT2D eigenvalue weighted by molar-refractivity contribution is 5.89. The molecule has 0 saturated carbocycles. The van der Waals surface area contributed by atoms with Crippen LogP contribution in [-0.4, -0.2) is 60.4 Å². The van der Waals surface area contributed by atoms with Crippen LogP contribution in [0.4, 0.5) is 0 Å². The van der Waals surface area contributed by atoms with Crippen LogP contribution in [0.25, 0.3) is 0 Å². The van der Waals surface area contributed by atoms with E-state index >= 15 is 0 Å². The fourth-order valence-electron chi connectivity index (χ4n) is 4.13. The normalized spacial score (nSPS) is 15.7. The lowest BCUT2D eigenvalue weighted by molar-refractivity contribution is -0.138. The smallest absolute Gasteiger partial charge is 0.243 e. The van der Waals surface area contributed by atoms with Crippen molar-refractivity contribution in [2.45, 2.75) is 45.7 Å². The van der Waals surface area contributed by atoms with Crippen LogP contribution in [0.5, 0.6) is 5.75 Å². The number of amides is 2. The average Bonchev–Trinajstić information content (AvgIpc) is 3.32. The Balaban J connectivity index is 1.54. The van der Waals surface area contributed by atoms with Gasteiger partial charge in [-0.1, -0.05) is 62.4 Å². The summed E-state index contributed by atoms with van der Waals surface area (Å²) in [5.74, 6) is 0.708. The van der Waals surface area contributed by atoms with E-state index in [0.717, 1.165) is 42.9 Å². The molecule has 1 aliphatic heterocycles. The molecular formula is C26H35N3O3. The fraction of sp³-hybridized carbons (Fsp3) is 0.462. The minimum atomic E-state index is -0.401. The van der Waals surface area contributed by atoms with Crippen molar-refractivity contribution in [2.24, 2.45) is 0 Å². The Morgan fingerprint density at radius 2 is 1.78 bits per heavy atom. The third-order valence-electron chi connectivity index (χ3n) is 6.06. The van der Waals surface area contributed by atoms with Gasteiger partial charge in [0.15, 0.2) is 0 Å². The number of carbonyl (C=O) groups excluding carboxylic acids is 2. The first-order valence-corrected chi connectivity index (χ1v) is 11.7. The van der Waals surface area contributed by atoms with E-state index in [4.69, 9.17) is 4.74 Å². The van der Waals surface area contributed by atoms with Gasteiger partial charge in [0.2, 0.25) is 11.8 Å². The Hall–Kier alpha value is -2.86. The Labute approximate surface area is 191 Å². The summed E-state index contributed by atoms with van der Waals surface area (Å²) in [5.41, 5.74) is 1.92. The molecule has 0 aliphatic carbocycles. The molecule has 1 atom stereocenters. The molecule has 1 heterocycles. The van der Waals surface area contributed by atoms with E-state index in [0.29, 0.717) is 32.5 Å². The van der Waals surface area contributed by atoms with Gasteiger partial charge >= 0.3 is 0 Å². The molecule has 6 heteroatoms. The van der Waals surface area contributed by atoms with E-state index in [1.807, 2.05) is 54.6 Å². The van der Waals surface area contributed by atoms with Crippen molar-refractivity contribution in [1.82, 2.24) is 15.1 Å². The zero-order chi connectivity index (χ0) is 22.8. The molecule has 1 aliphatic rings. The second-order valence-corrected chi connectivity index (χ2v) is 8.11. The quantitative estimate of drug-likeness (QED) is 0.586. The van der Waals surface area contributed by atoms with E-state index in [1.165, 1.54) is 0 Å². The van der Waals surface area contributed by atoms with Gasteiger partial charge in [0.25, 0.3) is 0 Å². The van der Waals surface area contributed by atoms with Gasteiger partial charge in [-0.2, -0.15) is 0 Å². The predicted molar refractivity (Wildman–Crippen MR) is 126 cm³/mol. The van der Waals surface area contributed by atoms with Crippen LogP contribution in [0.2, 0.25) is 0 Å². The molecule has 0 spiro atoms. The van der Waals surface area contributed by atoms with Gasteiger partial charge in [-0.3, -0.25) is 9.59 Å². The summed E-state index contributed by atoms with van der Waals surface area (Å²) >= 11 is 0. The summed E-state index contributed by atoms with van der Waals surface area (Å²) in [6.45, 7) is 8.78. The van der Waals surface area contributed by atoms with E-state index < -0.39 is 6.04 Å². The molecule has 2 aromatic rings. The topological polar surface area (TPSA) is 61.9 Å². The van der Waals surface area contributed by atoms with Crippen molar-refractivity contribution in [1.29, 1.82) is 0 Å². The molecule has 0 radical (unpaired) electrons. The molecule has 0 aromatic heterocycles. The van der Waals surface area contributed by atoms with Gasteiger partial charge in [0.1, 0.15) is 18.4 Å². The molecular weight excluding hydrogens is 402 g/mol. The maximum Gasteiger partial charge on any atom is 0.243 e. The van der Waals surface area contributed by atoms with Crippen LogP contribution >= 0.6 is 0 Å². The summed E-state index contributed by atoms with van der Waals surface area (Å²) in [7, 11) is 0. The van der Waals surface area contributed by atoms with Crippen molar-refractivity contribution in [2.75, 3.05) is 32.8 Å². The zero-order valence-corrected chi connectivity index (χ0v) is 19.3. The Bertz CT molecular complexity index is 868. The zero-order valence-electron chi connectivity index (χ0n) is 19.3. The third-order valence-corrected chi connectivity index (χ3v) is 6.06. The second kappa shape index (κ2) is 12.2. The highest BCUT2D eigenvalue weighted by Crippen LogP contribution is 2.21. The van der Waals surface area contributed by atoms with Crippen LogP contribution < -0.4 is 10.1 Å². The number of benzene rings is 2. The standard InChI is InChI=1S/C26H35N3O3/c1-3-28(4-2)17-18-32-24-15-9-8-13-22(24)20-27-26(31)23-14-10-16-29(23)25(30)19-21-11-6-5-7-12-21/h5-9,11-13,15,23H,3-4,10,14,16-20H2,1-2H3,(H,27,31). The largest absolute Gasteiger partial charge is 0.492 e. The summed E-state index contributed by atoms with van der Waals surface area (Å²) in [6, 6.07) is 17.1. The number of likely N-dealkylation sites (tertiary alicyclic amines) is 1. The molecule has 1 saturated heterocycles. The molecule has 6 nitrogen and oxygen atoms in total. The van der Waals surface area contributed by atoms with Gasteiger partial charge in [-0.25, -0.2) is 0 Å². The highest BCUT2D eigenvalue weighted by Gasteiger charge is 2.33. The molecule has 2 amide bonds.